The lowest BCUT2D eigenvalue weighted by molar-refractivity contribution is -0.124. The maximum absolute atomic E-state index is 11.5. The smallest absolute Gasteiger partial charge is 0.146 e. The number of allylic oxidation sites excluding steroid dienone is 5. The fourth-order valence-electron chi connectivity index (χ4n) is 1.74. The number of carbonyl (C=O) groups excluding carboxylic acids is 2. The van der Waals surface area contributed by atoms with E-state index in [0.717, 1.165) is 6.29 Å². The van der Waals surface area contributed by atoms with Gasteiger partial charge >= 0.3 is 0 Å². The Morgan fingerprint density at radius 3 is 2.71 bits per heavy atom. The molecule has 0 radical (unpaired) electrons. The van der Waals surface area contributed by atoms with Crippen LogP contribution in [-0.4, -0.2) is 12.1 Å². The van der Waals surface area contributed by atoms with Crippen LogP contribution in [0.25, 0.3) is 0 Å². The second-order valence-corrected chi connectivity index (χ2v) is 3.70. The molecule has 0 N–H and O–H groups in total. The molecule has 0 unspecified atom stereocenters. The van der Waals surface area contributed by atoms with Crippen molar-refractivity contribution in [2.75, 3.05) is 0 Å². The van der Waals surface area contributed by atoms with E-state index in [-0.39, 0.29) is 11.7 Å². The van der Waals surface area contributed by atoms with E-state index in [1.165, 1.54) is 6.92 Å². The summed E-state index contributed by atoms with van der Waals surface area (Å²) in [6.07, 6.45) is 7.76. The number of carbonyl (C=O) groups is 2. The summed E-state index contributed by atoms with van der Waals surface area (Å²) in [6, 6.07) is 0. The molecule has 1 aliphatic carbocycles. The van der Waals surface area contributed by atoms with Crippen molar-refractivity contribution in [2.24, 2.45) is 11.3 Å². The third-order valence-corrected chi connectivity index (χ3v) is 2.87. The molecule has 14 heavy (non-hydrogen) atoms. The monoisotopic (exact) mass is 190 g/mol. The van der Waals surface area contributed by atoms with Crippen molar-refractivity contribution < 1.29 is 9.59 Å². The van der Waals surface area contributed by atoms with Crippen molar-refractivity contribution in [1.29, 1.82) is 0 Å². The maximum atomic E-state index is 11.5. The van der Waals surface area contributed by atoms with Gasteiger partial charge in [-0.3, -0.25) is 9.59 Å². The molecule has 0 saturated heterocycles. The molecule has 0 aromatic heterocycles. The Kier molecular flexibility index (Phi) is 2.84. The topological polar surface area (TPSA) is 34.1 Å². The summed E-state index contributed by atoms with van der Waals surface area (Å²) >= 11 is 0. The summed E-state index contributed by atoms with van der Waals surface area (Å²) in [5.74, 6) is -0.159. The normalized spacial score (nSPS) is 30.7. The number of ketones is 1. The lowest BCUT2D eigenvalue weighted by Gasteiger charge is -2.33. The fraction of sp³-hybridized carbons (Fsp3) is 0.333. The molecule has 0 bridgehead atoms. The van der Waals surface area contributed by atoms with E-state index < -0.39 is 5.41 Å². The summed E-state index contributed by atoms with van der Waals surface area (Å²) in [7, 11) is 0. The molecule has 0 aromatic rings. The molecule has 0 aliphatic heterocycles. The van der Waals surface area contributed by atoms with Crippen LogP contribution < -0.4 is 0 Å². The zero-order valence-corrected chi connectivity index (χ0v) is 8.49. The van der Waals surface area contributed by atoms with Crippen molar-refractivity contribution in [2.45, 2.75) is 13.8 Å². The van der Waals surface area contributed by atoms with Gasteiger partial charge in [-0.1, -0.05) is 24.3 Å². The molecule has 1 rings (SSSR count). The average molecular weight is 190 g/mol. The Labute approximate surface area is 84.0 Å². The molecule has 0 spiro atoms. The molecular weight excluding hydrogens is 176 g/mol. The first-order chi connectivity index (χ1) is 6.56. The van der Waals surface area contributed by atoms with E-state index >= 15 is 0 Å². The summed E-state index contributed by atoms with van der Waals surface area (Å²) in [5, 5.41) is 0. The largest absolute Gasteiger partial charge is 0.299 e. The van der Waals surface area contributed by atoms with Crippen molar-refractivity contribution >= 4 is 12.1 Å². The molecule has 0 saturated carbocycles. The minimum Gasteiger partial charge on any atom is -0.299 e. The minimum absolute atomic E-state index is 0.0473. The van der Waals surface area contributed by atoms with Gasteiger partial charge < -0.3 is 0 Å². The third kappa shape index (κ3) is 1.48. The Morgan fingerprint density at radius 1 is 1.64 bits per heavy atom. The molecule has 0 fully saturated rings. The first kappa shape index (κ1) is 10.6. The lowest BCUT2D eigenvalue weighted by Crippen LogP contribution is -2.34. The lowest BCUT2D eigenvalue weighted by atomic mass is 9.68. The zero-order chi connectivity index (χ0) is 10.8. The van der Waals surface area contributed by atoms with Crippen molar-refractivity contribution in [1.82, 2.24) is 0 Å². The van der Waals surface area contributed by atoms with E-state index in [1.54, 1.807) is 18.2 Å². The van der Waals surface area contributed by atoms with Crippen LogP contribution in [0.5, 0.6) is 0 Å². The Morgan fingerprint density at radius 2 is 2.29 bits per heavy atom. The van der Waals surface area contributed by atoms with Gasteiger partial charge in [0.05, 0.1) is 5.41 Å². The molecule has 0 aromatic carbocycles. The van der Waals surface area contributed by atoms with E-state index in [4.69, 9.17) is 0 Å². The first-order valence-electron chi connectivity index (χ1n) is 4.54. The second-order valence-electron chi connectivity index (χ2n) is 3.70. The zero-order valence-electron chi connectivity index (χ0n) is 8.49. The Bertz CT molecular complexity index is 336. The van der Waals surface area contributed by atoms with Crippen LogP contribution in [0.15, 0.2) is 36.5 Å². The summed E-state index contributed by atoms with van der Waals surface area (Å²) in [6.45, 7) is 7.04. The number of hydrogen-bond acceptors (Lipinski definition) is 2. The van der Waals surface area contributed by atoms with Crippen molar-refractivity contribution in [3.8, 4) is 0 Å². The number of rotatable bonds is 3. The summed E-state index contributed by atoms with van der Waals surface area (Å²) < 4.78 is 0. The summed E-state index contributed by atoms with van der Waals surface area (Å²) in [5.41, 5.74) is -0.00701. The fourth-order valence-corrected chi connectivity index (χ4v) is 1.74. The Balaban J connectivity index is 3.19. The molecule has 0 heterocycles. The van der Waals surface area contributed by atoms with Gasteiger partial charge in [0.15, 0.2) is 0 Å². The SMILES string of the molecule is C=C[C@@H]1C(C=O)=CC=C[C@]1(C)C(C)=O. The minimum atomic E-state index is -0.618. The van der Waals surface area contributed by atoms with Crippen LogP contribution >= 0.6 is 0 Å². The maximum Gasteiger partial charge on any atom is 0.146 e. The molecule has 1 aliphatic rings. The van der Waals surface area contributed by atoms with Crippen LogP contribution in [0.4, 0.5) is 0 Å². The van der Waals surface area contributed by atoms with E-state index in [0.29, 0.717) is 5.57 Å². The van der Waals surface area contributed by atoms with Crippen LogP contribution in [0, 0.1) is 11.3 Å². The van der Waals surface area contributed by atoms with Crippen LogP contribution in [0.2, 0.25) is 0 Å². The molecule has 2 nitrogen and oxygen atoms in total. The molecule has 2 heteroatoms. The third-order valence-electron chi connectivity index (χ3n) is 2.87. The van der Waals surface area contributed by atoms with Gasteiger partial charge in [-0.2, -0.15) is 0 Å². The highest BCUT2D eigenvalue weighted by Crippen LogP contribution is 2.38. The molecule has 0 amide bonds. The van der Waals surface area contributed by atoms with Crippen LogP contribution in [0.1, 0.15) is 13.8 Å². The number of aldehydes is 1. The first-order valence-corrected chi connectivity index (χ1v) is 4.54. The van der Waals surface area contributed by atoms with Gasteiger partial charge in [-0.05, 0) is 13.8 Å². The van der Waals surface area contributed by atoms with Crippen LogP contribution in [0.3, 0.4) is 0 Å². The van der Waals surface area contributed by atoms with Crippen LogP contribution in [-0.2, 0) is 9.59 Å². The second kappa shape index (κ2) is 3.74. The van der Waals surface area contributed by atoms with E-state index in [9.17, 15) is 9.59 Å². The van der Waals surface area contributed by atoms with E-state index in [1.807, 2.05) is 13.0 Å². The quantitative estimate of drug-likeness (QED) is 0.504. The summed E-state index contributed by atoms with van der Waals surface area (Å²) in [4.78, 5) is 22.3. The highest BCUT2D eigenvalue weighted by atomic mass is 16.1. The van der Waals surface area contributed by atoms with Crippen molar-refractivity contribution in [3.05, 3.63) is 36.5 Å². The van der Waals surface area contributed by atoms with Gasteiger partial charge in [-0.25, -0.2) is 0 Å². The molecular formula is C12H14O2. The molecule has 74 valence electrons. The van der Waals surface area contributed by atoms with Gasteiger partial charge in [0.2, 0.25) is 0 Å². The van der Waals surface area contributed by atoms with Gasteiger partial charge in [0, 0.05) is 11.5 Å². The van der Waals surface area contributed by atoms with Crippen molar-refractivity contribution in [3.63, 3.8) is 0 Å². The van der Waals surface area contributed by atoms with Gasteiger partial charge in [0.1, 0.15) is 12.1 Å². The predicted octanol–water partition coefficient (Wildman–Crippen LogP) is 2.08. The Hall–Kier alpha value is -1.44. The highest BCUT2D eigenvalue weighted by Gasteiger charge is 2.37. The molecule has 2 atom stereocenters. The average Bonchev–Trinajstić information content (AvgIpc) is 2.17. The number of hydrogen-bond donors (Lipinski definition) is 0. The van der Waals surface area contributed by atoms with Gasteiger partial charge in [0.25, 0.3) is 0 Å². The standard InChI is InChI=1S/C12H14O2/c1-4-11-10(8-13)6-5-7-12(11,3)9(2)14/h4-8,11H,1H2,2-3H3/t11-,12-/m1/s1. The number of Topliss-reactive ketones (excluding diaryl/α,β-unsaturated/α-hetero) is 1. The predicted molar refractivity (Wildman–Crippen MR) is 55.8 cm³/mol. The van der Waals surface area contributed by atoms with E-state index in [2.05, 4.69) is 6.58 Å². The highest BCUT2D eigenvalue weighted by molar-refractivity contribution is 5.88. The van der Waals surface area contributed by atoms with Gasteiger partial charge in [-0.15, -0.1) is 6.58 Å².